The predicted octanol–water partition coefficient (Wildman–Crippen LogP) is 3.65. The highest BCUT2D eigenvalue weighted by molar-refractivity contribution is 6.30. The van der Waals surface area contributed by atoms with Crippen LogP contribution >= 0.6 is 11.6 Å². The molecule has 0 bridgehead atoms. The van der Waals surface area contributed by atoms with Crippen molar-refractivity contribution in [3.63, 3.8) is 0 Å². The summed E-state index contributed by atoms with van der Waals surface area (Å²) >= 11 is 6.15. The number of benzene rings is 1. The summed E-state index contributed by atoms with van der Waals surface area (Å²) in [6, 6.07) is 6.08. The predicted molar refractivity (Wildman–Crippen MR) is 96.7 cm³/mol. The van der Waals surface area contributed by atoms with Crippen molar-refractivity contribution in [1.82, 2.24) is 15.0 Å². The van der Waals surface area contributed by atoms with E-state index in [1.807, 2.05) is 6.07 Å². The highest BCUT2D eigenvalue weighted by atomic mass is 35.5. The van der Waals surface area contributed by atoms with Gasteiger partial charge in [-0.15, -0.1) is 0 Å². The normalized spacial score (nSPS) is 16.6. The molecule has 130 valence electrons. The maximum Gasteiger partial charge on any atom is 0.232 e. The molecule has 0 radical (unpaired) electrons. The molecular formula is C18H25ClN4O. The Morgan fingerprint density at radius 3 is 2.50 bits per heavy atom. The van der Waals surface area contributed by atoms with Crippen LogP contribution in [0.2, 0.25) is 5.02 Å². The van der Waals surface area contributed by atoms with Gasteiger partial charge in [-0.25, -0.2) is 0 Å². The van der Waals surface area contributed by atoms with Crippen LogP contribution in [0.5, 0.6) is 0 Å². The highest BCUT2D eigenvalue weighted by Gasteiger charge is 2.24. The zero-order valence-electron chi connectivity index (χ0n) is 14.8. The number of aromatic nitrogens is 2. The molecule has 1 aromatic carbocycles. The van der Waals surface area contributed by atoms with E-state index in [-0.39, 0.29) is 5.41 Å². The summed E-state index contributed by atoms with van der Waals surface area (Å²) in [6.45, 7) is 13.0. The number of hydrogen-bond acceptors (Lipinski definition) is 5. The molecule has 0 spiro atoms. The third-order valence-electron chi connectivity index (χ3n) is 4.36. The van der Waals surface area contributed by atoms with Gasteiger partial charge in [0.1, 0.15) is 0 Å². The Kier molecular flexibility index (Phi) is 4.83. The molecule has 3 rings (SSSR count). The van der Waals surface area contributed by atoms with Crippen molar-refractivity contribution in [1.29, 1.82) is 0 Å². The average Bonchev–Trinajstić information content (AvgIpc) is 2.99. The summed E-state index contributed by atoms with van der Waals surface area (Å²) in [7, 11) is 0. The second kappa shape index (κ2) is 6.73. The summed E-state index contributed by atoms with van der Waals surface area (Å²) in [5.74, 6) is 1.47. The van der Waals surface area contributed by atoms with E-state index >= 15 is 0 Å². The summed E-state index contributed by atoms with van der Waals surface area (Å²) in [6.07, 6.45) is 0. The van der Waals surface area contributed by atoms with Gasteiger partial charge in [-0.1, -0.05) is 43.6 Å². The first-order chi connectivity index (χ1) is 11.3. The standard InChI is InChI=1S/C18H25ClN4O/c1-13-5-6-14(19)11-15(13)23-9-7-22(8-10-23)12-16-20-17(24-21-16)18(2,3)4/h5-6,11H,7-10,12H2,1-4H3. The lowest BCUT2D eigenvalue weighted by molar-refractivity contribution is 0.239. The molecule has 1 saturated heterocycles. The minimum Gasteiger partial charge on any atom is -0.369 e. The number of halogens is 1. The molecule has 1 aromatic heterocycles. The Labute approximate surface area is 148 Å². The van der Waals surface area contributed by atoms with Gasteiger partial charge in [-0.2, -0.15) is 4.98 Å². The molecular weight excluding hydrogens is 324 g/mol. The van der Waals surface area contributed by atoms with Crippen LogP contribution in [-0.2, 0) is 12.0 Å². The van der Waals surface area contributed by atoms with Crippen molar-refractivity contribution in [2.45, 2.75) is 39.7 Å². The first-order valence-electron chi connectivity index (χ1n) is 8.39. The van der Waals surface area contributed by atoms with Gasteiger partial charge in [0.2, 0.25) is 5.89 Å². The highest BCUT2D eigenvalue weighted by Crippen LogP contribution is 2.25. The Bertz CT molecular complexity index is 699. The second-order valence-electron chi connectivity index (χ2n) is 7.46. The van der Waals surface area contributed by atoms with Crippen LogP contribution in [0.4, 0.5) is 5.69 Å². The van der Waals surface area contributed by atoms with Gasteiger partial charge in [-0.05, 0) is 24.6 Å². The third-order valence-corrected chi connectivity index (χ3v) is 4.59. The van der Waals surface area contributed by atoms with Gasteiger partial charge >= 0.3 is 0 Å². The molecule has 2 aromatic rings. The van der Waals surface area contributed by atoms with Crippen LogP contribution in [0.15, 0.2) is 22.7 Å². The molecule has 1 aliphatic heterocycles. The summed E-state index contributed by atoms with van der Waals surface area (Å²) in [5, 5.41) is 4.91. The molecule has 6 heteroatoms. The maximum atomic E-state index is 6.15. The Morgan fingerprint density at radius 1 is 1.17 bits per heavy atom. The lowest BCUT2D eigenvalue weighted by Crippen LogP contribution is -2.46. The van der Waals surface area contributed by atoms with E-state index in [2.05, 4.69) is 59.8 Å². The number of piperazine rings is 1. The molecule has 0 saturated carbocycles. The smallest absolute Gasteiger partial charge is 0.232 e. The van der Waals surface area contributed by atoms with Crippen molar-refractivity contribution in [3.8, 4) is 0 Å². The van der Waals surface area contributed by atoms with Crippen LogP contribution in [-0.4, -0.2) is 41.2 Å². The van der Waals surface area contributed by atoms with Crippen LogP contribution < -0.4 is 4.90 Å². The molecule has 0 atom stereocenters. The number of anilines is 1. The monoisotopic (exact) mass is 348 g/mol. The Balaban J connectivity index is 1.59. The van der Waals surface area contributed by atoms with Crippen LogP contribution in [0.1, 0.15) is 38.0 Å². The zero-order chi connectivity index (χ0) is 17.3. The fourth-order valence-electron chi connectivity index (χ4n) is 2.89. The van der Waals surface area contributed by atoms with Crippen LogP contribution in [0.3, 0.4) is 0 Å². The molecule has 0 amide bonds. The number of hydrogen-bond donors (Lipinski definition) is 0. The van der Waals surface area contributed by atoms with E-state index in [0.717, 1.165) is 43.6 Å². The third kappa shape index (κ3) is 3.90. The van der Waals surface area contributed by atoms with Gasteiger partial charge < -0.3 is 9.42 Å². The van der Waals surface area contributed by atoms with Gasteiger partial charge in [0.05, 0.1) is 6.54 Å². The molecule has 1 fully saturated rings. The van der Waals surface area contributed by atoms with Crippen molar-refractivity contribution in [3.05, 3.63) is 40.5 Å². The van der Waals surface area contributed by atoms with E-state index in [1.54, 1.807) is 0 Å². The molecule has 5 nitrogen and oxygen atoms in total. The Hall–Kier alpha value is -1.59. The van der Waals surface area contributed by atoms with E-state index in [1.165, 1.54) is 11.3 Å². The van der Waals surface area contributed by atoms with Gasteiger partial charge in [0.15, 0.2) is 5.82 Å². The maximum absolute atomic E-state index is 6.15. The summed E-state index contributed by atoms with van der Waals surface area (Å²) in [5.41, 5.74) is 2.39. The number of rotatable bonds is 3. The van der Waals surface area contributed by atoms with Crippen molar-refractivity contribution in [2.75, 3.05) is 31.1 Å². The molecule has 24 heavy (non-hydrogen) atoms. The molecule has 0 aliphatic carbocycles. The molecule has 1 aliphatic rings. The van der Waals surface area contributed by atoms with Crippen LogP contribution in [0.25, 0.3) is 0 Å². The first kappa shape index (κ1) is 17.2. The second-order valence-corrected chi connectivity index (χ2v) is 7.90. The summed E-state index contributed by atoms with van der Waals surface area (Å²) < 4.78 is 5.38. The topological polar surface area (TPSA) is 45.4 Å². The fourth-order valence-corrected chi connectivity index (χ4v) is 3.06. The minimum absolute atomic E-state index is 0.103. The molecule has 0 unspecified atom stereocenters. The van der Waals surface area contributed by atoms with Crippen molar-refractivity contribution >= 4 is 17.3 Å². The number of aryl methyl sites for hydroxylation is 1. The van der Waals surface area contributed by atoms with E-state index in [9.17, 15) is 0 Å². The number of nitrogens with zero attached hydrogens (tertiary/aromatic N) is 4. The quantitative estimate of drug-likeness (QED) is 0.847. The van der Waals surface area contributed by atoms with E-state index in [4.69, 9.17) is 16.1 Å². The first-order valence-corrected chi connectivity index (χ1v) is 8.77. The fraction of sp³-hybridized carbons (Fsp3) is 0.556. The molecule has 2 heterocycles. The van der Waals surface area contributed by atoms with Gasteiger partial charge in [-0.3, -0.25) is 4.90 Å². The van der Waals surface area contributed by atoms with Crippen molar-refractivity contribution < 1.29 is 4.52 Å². The molecule has 0 N–H and O–H groups in total. The van der Waals surface area contributed by atoms with Gasteiger partial charge in [0, 0.05) is 42.3 Å². The van der Waals surface area contributed by atoms with E-state index < -0.39 is 0 Å². The summed E-state index contributed by atoms with van der Waals surface area (Å²) in [4.78, 5) is 9.29. The SMILES string of the molecule is Cc1ccc(Cl)cc1N1CCN(Cc2noc(C(C)(C)C)n2)CC1. The average molecular weight is 349 g/mol. The lowest BCUT2D eigenvalue weighted by Gasteiger charge is -2.36. The van der Waals surface area contributed by atoms with Crippen LogP contribution in [0, 0.1) is 6.92 Å². The lowest BCUT2D eigenvalue weighted by atomic mass is 9.97. The minimum atomic E-state index is -0.103. The Morgan fingerprint density at radius 2 is 1.88 bits per heavy atom. The van der Waals surface area contributed by atoms with Gasteiger partial charge in [0.25, 0.3) is 0 Å². The largest absolute Gasteiger partial charge is 0.369 e. The van der Waals surface area contributed by atoms with Crippen molar-refractivity contribution in [2.24, 2.45) is 0 Å². The zero-order valence-corrected chi connectivity index (χ0v) is 15.6. The van der Waals surface area contributed by atoms with E-state index in [0.29, 0.717) is 5.89 Å².